The number of amides is 1. The van der Waals surface area contributed by atoms with E-state index in [1.807, 2.05) is 6.92 Å². The highest BCUT2D eigenvalue weighted by molar-refractivity contribution is 7.15. The van der Waals surface area contributed by atoms with Crippen LogP contribution < -0.4 is 10.6 Å². The third-order valence-electron chi connectivity index (χ3n) is 2.99. The molecule has 0 aliphatic carbocycles. The Labute approximate surface area is 129 Å². The zero-order chi connectivity index (χ0) is 14.7. The fourth-order valence-electron chi connectivity index (χ4n) is 1.97. The third kappa shape index (κ3) is 3.74. The Balaban J connectivity index is 1.54. The summed E-state index contributed by atoms with van der Waals surface area (Å²) in [5.41, 5.74) is 0.377. The van der Waals surface area contributed by atoms with Crippen molar-refractivity contribution in [2.24, 2.45) is 0 Å². The molecule has 9 heteroatoms. The van der Waals surface area contributed by atoms with Gasteiger partial charge in [0.15, 0.2) is 5.13 Å². The highest BCUT2D eigenvalue weighted by atomic mass is 32.1. The summed E-state index contributed by atoms with van der Waals surface area (Å²) in [6.07, 6.45) is 2.43. The van der Waals surface area contributed by atoms with Crippen molar-refractivity contribution < 1.29 is 9.53 Å². The van der Waals surface area contributed by atoms with Crippen LogP contribution in [0.25, 0.3) is 0 Å². The van der Waals surface area contributed by atoms with Crippen LogP contribution in [0.15, 0.2) is 5.38 Å². The van der Waals surface area contributed by atoms with Crippen LogP contribution in [0.3, 0.4) is 0 Å². The lowest BCUT2D eigenvalue weighted by Gasteiger charge is -2.08. The highest BCUT2D eigenvalue weighted by Crippen LogP contribution is 2.20. The predicted octanol–water partition coefficient (Wildman–Crippen LogP) is 2.15. The molecule has 0 unspecified atom stereocenters. The summed E-state index contributed by atoms with van der Waals surface area (Å²) in [5, 5.41) is 17.3. The molecule has 1 aliphatic heterocycles. The lowest BCUT2D eigenvalue weighted by Crippen LogP contribution is -2.18. The van der Waals surface area contributed by atoms with E-state index in [4.69, 9.17) is 4.74 Å². The number of anilines is 2. The molecule has 3 rings (SSSR count). The second kappa shape index (κ2) is 6.46. The molecule has 0 spiro atoms. The number of aromatic nitrogens is 3. The smallest absolute Gasteiger partial charge is 0.277 e. The molecule has 112 valence electrons. The average Bonchev–Trinajstić information content (AvgIpc) is 3.17. The van der Waals surface area contributed by atoms with E-state index in [1.54, 1.807) is 5.38 Å². The van der Waals surface area contributed by atoms with E-state index in [2.05, 4.69) is 25.8 Å². The molecule has 2 aromatic rings. The molecule has 1 fully saturated rings. The van der Waals surface area contributed by atoms with Gasteiger partial charge >= 0.3 is 0 Å². The standard InChI is InChI=1S/C12H15N5O2S2/c1-7-16-17-12(21-7)15-10(18)9-6-20-11(14-9)13-5-8-3-2-4-19-8/h6,8H,2-5H2,1H3,(H,13,14)(H,15,17,18)/t8-/m1/s1. The van der Waals surface area contributed by atoms with Gasteiger partial charge in [0.2, 0.25) is 5.13 Å². The van der Waals surface area contributed by atoms with Crippen molar-refractivity contribution >= 4 is 38.8 Å². The molecule has 3 heterocycles. The molecule has 0 saturated carbocycles. The van der Waals surface area contributed by atoms with Crippen molar-refractivity contribution in [3.8, 4) is 0 Å². The lowest BCUT2D eigenvalue weighted by atomic mass is 10.2. The molecular formula is C12H15N5O2S2. The maximum atomic E-state index is 12.0. The van der Waals surface area contributed by atoms with Crippen LogP contribution in [0.1, 0.15) is 28.3 Å². The van der Waals surface area contributed by atoms with Gasteiger partial charge in [-0.2, -0.15) is 0 Å². The Bertz CT molecular complexity index is 621. The van der Waals surface area contributed by atoms with E-state index in [0.29, 0.717) is 10.8 Å². The van der Waals surface area contributed by atoms with Crippen molar-refractivity contribution in [1.29, 1.82) is 0 Å². The fourth-order valence-corrected chi connectivity index (χ4v) is 3.26. The number of thiazole rings is 1. The molecule has 1 atom stereocenters. The molecule has 0 radical (unpaired) electrons. The van der Waals surface area contributed by atoms with E-state index in [-0.39, 0.29) is 12.0 Å². The van der Waals surface area contributed by atoms with Crippen LogP contribution in [0.4, 0.5) is 10.3 Å². The number of nitrogens with one attached hydrogen (secondary N) is 2. The predicted molar refractivity (Wildman–Crippen MR) is 82.2 cm³/mol. The maximum absolute atomic E-state index is 12.0. The molecule has 2 aromatic heterocycles. The van der Waals surface area contributed by atoms with Crippen LogP contribution in [-0.4, -0.2) is 40.3 Å². The van der Waals surface area contributed by atoms with E-state index in [1.165, 1.54) is 22.7 Å². The van der Waals surface area contributed by atoms with Gasteiger partial charge in [0.25, 0.3) is 5.91 Å². The summed E-state index contributed by atoms with van der Waals surface area (Å²) < 4.78 is 5.53. The second-order valence-corrected chi connectivity index (χ2v) is 6.67. The molecule has 1 saturated heterocycles. The molecule has 0 aromatic carbocycles. The first-order valence-electron chi connectivity index (χ1n) is 6.63. The van der Waals surface area contributed by atoms with Gasteiger partial charge in [0, 0.05) is 18.5 Å². The molecule has 1 amide bonds. The minimum absolute atomic E-state index is 0.246. The minimum atomic E-state index is -0.271. The summed E-state index contributed by atoms with van der Waals surface area (Å²) >= 11 is 2.74. The summed E-state index contributed by atoms with van der Waals surface area (Å²) in [7, 11) is 0. The Morgan fingerprint density at radius 1 is 1.48 bits per heavy atom. The van der Waals surface area contributed by atoms with Crippen LogP contribution in [0, 0.1) is 6.92 Å². The van der Waals surface area contributed by atoms with E-state index in [0.717, 1.165) is 36.1 Å². The van der Waals surface area contributed by atoms with Crippen molar-refractivity contribution in [3.63, 3.8) is 0 Å². The fraction of sp³-hybridized carbons (Fsp3) is 0.500. The van der Waals surface area contributed by atoms with Gasteiger partial charge in [0.1, 0.15) is 10.7 Å². The number of hydrogen-bond donors (Lipinski definition) is 2. The zero-order valence-electron chi connectivity index (χ0n) is 11.5. The topological polar surface area (TPSA) is 89.0 Å². The van der Waals surface area contributed by atoms with Crippen molar-refractivity contribution in [1.82, 2.24) is 15.2 Å². The normalized spacial score (nSPS) is 17.9. The van der Waals surface area contributed by atoms with Gasteiger partial charge in [0.05, 0.1) is 6.10 Å². The number of carbonyl (C=O) groups is 1. The largest absolute Gasteiger partial charge is 0.376 e. The third-order valence-corrected chi connectivity index (χ3v) is 4.54. The second-order valence-electron chi connectivity index (χ2n) is 4.63. The first-order valence-corrected chi connectivity index (χ1v) is 8.33. The van der Waals surface area contributed by atoms with Gasteiger partial charge in [-0.1, -0.05) is 11.3 Å². The van der Waals surface area contributed by atoms with E-state index < -0.39 is 0 Å². The van der Waals surface area contributed by atoms with Crippen LogP contribution in [0.5, 0.6) is 0 Å². The average molecular weight is 325 g/mol. The summed E-state index contributed by atoms with van der Waals surface area (Å²) in [5.74, 6) is -0.271. The molecular weight excluding hydrogens is 310 g/mol. The molecule has 21 heavy (non-hydrogen) atoms. The molecule has 0 bridgehead atoms. The quantitative estimate of drug-likeness (QED) is 0.875. The molecule has 7 nitrogen and oxygen atoms in total. The number of rotatable bonds is 5. The summed E-state index contributed by atoms with van der Waals surface area (Å²) in [6, 6.07) is 0. The van der Waals surface area contributed by atoms with Gasteiger partial charge in [-0.15, -0.1) is 21.5 Å². The molecule has 2 N–H and O–H groups in total. The van der Waals surface area contributed by atoms with E-state index in [9.17, 15) is 4.79 Å². The number of ether oxygens (including phenoxy) is 1. The Kier molecular flexibility index (Phi) is 4.42. The Hall–Kier alpha value is -1.58. The number of carbonyl (C=O) groups excluding carboxylic acids is 1. The lowest BCUT2D eigenvalue weighted by molar-refractivity contribution is 0.102. The van der Waals surface area contributed by atoms with Crippen LogP contribution in [0.2, 0.25) is 0 Å². The molecule has 1 aliphatic rings. The summed E-state index contributed by atoms with van der Waals surface area (Å²) in [4.78, 5) is 16.3. The first kappa shape index (κ1) is 14.4. The first-order chi connectivity index (χ1) is 10.2. The maximum Gasteiger partial charge on any atom is 0.277 e. The Morgan fingerprint density at radius 3 is 3.10 bits per heavy atom. The Morgan fingerprint density at radius 2 is 2.38 bits per heavy atom. The van der Waals surface area contributed by atoms with Crippen molar-refractivity contribution in [3.05, 3.63) is 16.1 Å². The van der Waals surface area contributed by atoms with Crippen molar-refractivity contribution in [2.45, 2.75) is 25.9 Å². The van der Waals surface area contributed by atoms with Gasteiger partial charge in [-0.05, 0) is 19.8 Å². The van der Waals surface area contributed by atoms with Gasteiger partial charge in [-0.3, -0.25) is 10.1 Å². The highest BCUT2D eigenvalue weighted by Gasteiger charge is 2.17. The summed E-state index contributed by atoms with van der Waals surface area (Å²) in [6.45, 7) is 3.40. The van der Waals surface area contributed by atoms with Gasteiger partial charge in [-0.25, -0.2) is 4.98 Å². The van der Waals surface area contributed by atoms with Crippen LogP contribution >= 0.6 is 22.7 Å². The minimum Gasteiger partial charge on any atom is -0.376 e. The van der Waals surface area contributed by atoms with Gasteiger partial charge < -0.3 is 10.1 Å². The zero-order valence-corrected chi connectivity index (χ0v) is 13.1. The van der Waals surface area contributed by atoms with Crippen molar-refractivity contribution in [2.75, 3.05) is 23.8 Å². The number of aryl methyl sites for hydroxylation is 1. The van der Waals surface area contributed by atoms with E-state index >= 15 is 0 Å². The SMILES string of the molecule is Cc1nnc(NC(=O)c2csc(NC[C@H]3CCCO3)n2)s1. The number of nitrogens with zero attached hydrogens (tertiary/aromatic N) is 3. The monoisotopic (exact) mass is 325 g/mol. The number of hydrogen-bond acceptors (Lipinski definition) is 8. The van der Waals surface area contributed by atoms with Crippen LogP contribution in [-0.2, 0) is 4.74 Å².